The Labute approximate surface area is 236 Å². The molecule has 3 heterocycles. The second-order valence-corrected chi connectivity index (χ2v) is 12.1. The van der Waals surface area contributed by atoms with E-state index < -0.39 is 0 Å². The molecule has 1 spiro atoms. The van der Waals surface area contributed by atoms with Crippen LogP contribution in [0.2, 0.25) is 10.0 Å². The van der Waals surface area contributed by atoms with E-state index in [-0.39, 0.29) is 23.3 Å². The molecule has 3 aliphatic heterocycles. The molecule has 7 heteroatoms. The van der Waals surface area contributed by atoms with Gasteiger partial charge in [-0.05, 0) is 81.1 Å². The number of carbonyl (C=O) groups excluding carboxylic acids is 1. The Morgan fingerprint density at radius 2 is 1.82 bits per heavy atom. The molecule has 5 nitrogen and oxygen atoms in total. The second-order valence-electron chi connectivity index (χ2n) is 11.2. The number of benzene rings is 2. The van der Waals surface area contributed by atoms with Gasteiger partial charge in [-0.15, -0.1) is 0 Å². The highest BCUT2D eigenvalue weighted by atomic mass is 35.5. The molecule has 0 bridgehead atoms. The van der Waals surface area contributed by atoms with Crippen LogP contribution in [0.5, 0.6) is 0 Å². The largest absolute Gasteiger partial charge is 0.354 e. The highest BCUT2D eigenvalue weighted by molar-refractivity contribution is 6.31. The number of piperidine rings is 2. The first kappa shape index (κ1) is 27.4. The van der Waals surface area contributed by atoms with Crippen molar-refractivity contribution in [1.29, 1.82) is 0 Å². The quantitative estimate of drug-likeness (QED) is 0.406. The molecule has 2 saturated heterocycles. The third-order valence-corrected chi connectivity index (χ3v) is 9.05. The first-order chi connectivity index (χ1) is 18.3. The number of amides is 1. The standard InChI is InChI=1S/C31H38Cl2N4O/c1-21(2)30-31(20-34-29-19-25(33)8-9-28(29)31)27(23-6-4-7-24(32)18-23)12-17-37(30)14-5-13-36-15-10-26(11-16-36)35-22(3)38/h4,6-9,18-20,26-27,30H,1,5,10-17H2,2-3H3,(H,35,38)/t27-,30+,31-/m0/s1. The van der Waals surface area contributed by atoms with E-state index in [0.717, 1.165) is 74.7 Å². The summed E-state index contributed by atoms with van der Waals surface area (Å²) >= 11 is 12.9. The van der Waals surface area contributed by atoms with Crippen LogP contribution < -0.4 is 5.32 Å². The fourth-order valence-electron chi connectivity index (χ4n) is 7.09. The molecule has 3 aliphatic rings. The molecule has 0 unspecified atom stereocenters. The van der Waals surface area contributed by atoms with E-state index >= 15 is 0 Å². The van der Waals surface area contributed by atoms with E-state index in [9.17, 15) is 4.79 Å². The molecular formula is C31H38Cl2N4O. The number of likely N-dealkylation sites (tertiary alicyclic amines) is 2. The summed E-state index contributed by atoms with van der Waals surface area (Å²) in [5.41, 5.74) is 4.26. The molecule has 0 radical (unpaired) electrons. The van der Waals surface area contributed by atoms with Gasteiger partial charge >= 0.3 is 0 Å². The van der Waals surface area contributed by atoms with Gasteiger partial charge in [-0.2, -0.15) is 0 Å². The summed E-state index contributed by atoms with van der Waals surface area (Å²) in [5, 5.41) is 4.55. The van der Waals surface area contributed by atoms with Gasteiger partial charge in [-0.25, -0.2) is 0 Å². The van der Waals surface area contributed by atoms with Crippen LogP contribution in [-0.4, -0.2) is 66.7 Å². The van der Waals surface area contributed by atoms with Gasteiger partial charge < -0.3 is 10.2 Å². The summed E-state index contributed by atoms with van der Waals surface area (Å²) in [7, 11) is 0. The lowest BCUT2D eigenvalue weighted by atomic mass is 9.59. The van der Waals surface area contributed by atoms with Crippen molar-refractivity contribution in [3.8, 4) is 0 Å². The highest BCUT2D eigenvalue weighted by Crippen LogP contribution is 2.55. The molecule has 0 aromatic heterocycles. The zero-order valence-corrected chi connectivity index (χ0v) is 23.9. The number of carbonyl (C=O) groups is 1. The Kier molecular flexibility index (Phi) is 8.30. The first-order valence-corrected chi connectivity index (χ1v) is 14.5. The Balaban J connectivity index is 1.37. The average molecular weight is 554 g/mol. The van der Waals surface area contributed by atoms with Gasteiger partial charge in [0.1, 0.15) is 0 Å². The summed E-state index contributed by atoms with van der Waals surface area (Å²) in [6.07, 6.45) is 6.34. The maximum Gasteiger partial charge on any atom is 0.217 e. The number of halogens is 2. The maximum atomic E-state index is 11.4. The van der Waals surface area contributed by atoms with Crippen molar-refractivity contribution in [2.75, 3.05) is 32.7 Å². The number of aliphatic imine (C=N–C) groups is 1. The van der Waals surface area contributed by atoms with E-state index in [1.807, 2.05) is 18.2 Å². The van der Waals surface area contributed by atoms with Crippen LogP contribution in [0.4, 0.5) is 5.69 Å². The van der Waals surface area contributed by atoms with Crippen molar-refractivity contribution in [2.45, 2.75) is 62.9 Å². The number of hydrogen-bond donors (Lipinski definition) is 1. The maximum absolute atomic E-state index is 11.4. The predicted octanol–water partition coefficient (Wildman–Crippen LogP) is 6.37. The first-order valence-electron chi connectivity index (χ1n) is 13.8. The van der Waals surface area contributed by atoms with Gasteiger partial charge in [0, 0.05) is 60.8 Å². The lowest BCUT2D eigenvalue weighted by molar-refractivity contribution is -0.119. The van der Waals surface area contributed by atoms with Crippen molar-refractivity contribution in [3.63, 3.8) is 0 Å². The summed E-state index contributed by atoms with van der Waals surface area (Å²) in [6, 6.07) is 14.9. The van der Waals surface area contributed by atoms with Gasteiger partial charge in [0.25, 0.3) is 0 Å². The number of rotatable bonds is 7. The van der Waals surface area contributed by atoms with Crippen LogP contribution in [0.25, 0.3) is 0 Å². The van der Waals surface area contributed by atoms with Crippen molar-refractivity contribution in [2.24, 2.45) is 4.99 Å². The minimum atomic E-state index is -0.328. The second kappa shape index (κ2) is 11.5. The summed E-state index contributed by atoms with van der Waals surface area (Å²) in [6.45, 7) is 13.4. The van der Waals surface area contributed by atoms with Crippen LogP contribution in [0.1, 0.15) is 56.6 Å². The fraction of sp³-hybridized carbons (Fsp3) is 0.484. The summed E-state index contributed by atoms with van der Waals surface area (Å²) < 4.78 is 0. The molecule has 3 atom stereocenters. The van der Waals surface area contributed by atoms with Crippen molar-refractivity contribution >= 4 is 41.0 Å². The topological polar surface area (TPSA) is 47.9 Å². The van der Waals surface area contributed by atoms with E-state index in [2.05, 4.69) is 59.1 Å². The van der Waals surface area contributed by atoms with E-state index in [4.69, 9.17) is 28.2 Å². The third kappa shape index (κ3) is 5.44. The molecule has 0 aliphatic carbocycles. The Morgan fingerprint density at radius 3 is 2.53 bits per heavy atom. The molecule has 1 amide bonds. The molecule has 0 saturated carbocycles. The fourth-order valence-corrected chi connectivity index (χ4v) is 7.45. The number of nitrogens with zero attached hydrogens (tertiary/aromatic N) is 3. The number of hydrogen-bond acceptors (Lipinski definition) is 4. The van der Waals surface area contributed by atoms with Gasteiger partial charge in [-0.1, -0.05) is 53.6 Å². The molecule has 202 valence electrons. The zero-order chi connectivity index (χ0) is 26.9. The number of nitrogens with one attached hydrogen (secondary N) is 1. The Morgan fingerprint density at radius 1 is 1.05 bits per heavy atom. The van der Waals surface area contributed by atoms with Crippen molar-refractivity contribution < 1.29 is 4.79 Å². The van der Waals surface area contributed by atoms with Crippen molar-refractivity contribution in [1.82, 2.24) is 15.1 Å². The molecule has 2 aromatic carbocycles. The molecular weight excluding hydrogens is 515 g/mol. The van der Waals surface area contributed by atoms with E-state index in [1.54, 1.807) is 6.92 Å². The Bertz CT molecular complexity index is 1220. The molecule has 1 N–H and O–H groups in total. The minimum absolute atomic E-state index is 0.0729. The lowest BCUT2D eigenvalue weighted by Crippen LogP contribution is -2.59. The van der Waals surface area contributed by atoms with Crippen LogP contribution in [0, 0.1) is 0 Å². The van der Waals surface area contributed by atoms with Crippen molar-refractivity contribution in [3.05, 3.63) is 75.8 Å². The van der Waals surface area contributed by atoms with Crippen LogP contribution in [0.3, 0.4) is 0 Å². The third-order valence-electron chi connectivity index (χ3n) is 8.58. The lowest BCUT2D eigenvalue weighted by Gasteiger charge is -2.53. The average Bonchev–Trinajstić information content (AvgIpc) is 3.22. The van der Waals surface area contributed by atoms with Gasteiger partial charge in [0.2, 0.25) is 5.91 Å². The van der Waals surface area contributed by atoms with E-state index in [0.29, 0.717) is 11.1 Å². The van der Waals surface area contributed by atoms with Crippen LogP contribution in [0.15, 0.2) is 59.6 Å². The van der Waals surface area contributed by atoms with Gasteiger partial charge in [0.15, 0.2) is 0 Å². The number of fused-ring (bicyclic) bond motifs is 2. The zero-order valence-electron chi connectivity index (χ0n) is 22.4. The van der Waals surface area contributed by atoms with Gasteiger partial charge in [-0.3, -0.25) is 14.7 Å². The monoisotopic (exact) mass is 552 g/mol. The predicted molar refractivity (Wildman–Crippen MR) is 158 cm³/mol. The van der Waals surface area contributed by atoms with Crippen LogP contribution >= 0.6 is 23.2 Å². The smallest absolute Gasteiger partial charge is 0.217 e. The van der Waals surface area contributed by atoms with E-state index in [1.165, 1.54) is 11.1 Å². The van der Waals surface area contributed by atoms with Crippen LogP contribution in [-0.2, 0) is 10.2 Å². The normalized spacial score (nSPS) is 26.0. The molecule has 38 heavy (non-hydrogen) atoms. The van der Waals surface area contributed by atoms with Gasteiger partial charge in [0.05, 0.1) is 11.1 Å². The molecule has 2 aromatic rings. The summed E-state index contributed by atoms with van der Waals surface area (Å²) in [5.74, 6) is 0.307. The summed E-state index contributed by atoms with van der Waals surface area (Å²) in [4.78, 5) is 21.5. The Hall–Kier alpha value is -2.18. The SMILES string of the molecule is C=C(C)[C@H]1N(CCCN2CCC(NC(C)=O)CC2)CC[C@@H](c2cccc(Cl)c2)[C@]12C=Nc1cc(Cl)ccc12. The minimum Gasteiger partial charge on any atom is -0.354 e. The molecule has 2 fully saturated rings. The highest BCUT2D eigenvalue weighted by Gasteiger charge is 2.54. The molecule has 5 rings (SSSR count).